The fourth-order valence-corrected chi connectivity index (χ4v) is 1.07. The van der Waals surface area contributed by atoms with Crippen molar-refractivity contribution >= 4 is 23.2 Å². The van der Waals surface area contributed by atoms with Gasteiger partial charge >= 0.3 is 0 Å². The second-order valence-electron chi connectivity index (χ2n) is 2.90. The Morgan fingerprint density at radius 2 is 2.21 bits per heavy atom. The smallest absolute Gasteiger partial charge is 0.190 e. The summed E-state index contributed by atoms with van der Waals surface area (Å²) in [6.07, 6.45) is 1.71. The van der Waals surface area contributed by atoms with Crippen molar-refractivity contribution < 1.29 is 0 Å². The van der Waals surface area contributed by atoms with E-state index in [0.29, 0.717) is 4.99 Å². The molecule has 1 atom stereocenters. The van der Waals surface area contributed by atoms with Gasteiger partial charge in [-0.2, -0.15) is 0 Å². The Hall–Kier alpha value is -0.880. The van der Waals surface area contributed by atoms with Gasteiger partial charge in [0, 0.05) is 20.6 Å². The van der Waals surface area contributed by atoms with Gasteiger partial charge in [0.05, 0.1) is 11.0 Å². The lowest BCUT2D eigenvalue weighted by Gasteiger charge is -2.11. The lowest BCUT2D eigenvalue weighted by Crippen LogP contribution is -2.38. The van der Waals surface area contributed by atoms with E-state index in [4.69, 9.17) is 23.7 Å². The summed E-state index contributed by atoms with van der Waals surface area (Å²) >= 11 is 4.76. The van der Waals surface area contributed by atoms with Crippen LogP contribution in [0.2, 0.25) is 0 Å². The molecule has 0 aliphatic heterocycles. The van der Waals surface area contributed by atoms with E-state index in [9.17, 15) is 0 Å². The first-order chi connectivity index (χ1) is 6.61. The molecular formula is C8H19N5S. The van der Waals surface area contributed by atoms with Crippen LogP contribution in [0.4, 0.5) is 0 Å². The van der Waals surface area contributed by atoms with E-state index in [2.05, 4.69) is 15.6 Å². The second kappa shape index (κ2) is 7.52. The fraction of sp³-hybridized carbons (Fsp3) is 0.750. The van der Waals surface area contributed by atoms with Crippen LogP contribution < -0.4 is 22.1 Å². The number of thiocarbonyl (C=S) groups is 1. The van der Waals surface area contributed by atoms with Gasteiger partial charge in [-0.1, -0.05) is 12.2 Å². The maximum atomic E-state index is 5.66. The largest absolute Gasteiger partial charge is 0.392 e. The summed E-state index contributed by atoms with van der Waals surface area (Å²) in [7, 11) is 3.54. The van der Waals surface area contributed by atoms with Gasteiger partial charge in [-0.25, -0.2) is 0 Å². The molecular weight excluding hydrogens is 198 g/mol. The highest BCUT2D eigenvalue weighted by Crippen LogP contribution is 1.93. The van der Waals surface area contributed by atoms with E-state index in [-0.39, 0.29) is 6.04 Å². The summed E-state index contributed by atoms with van der Waals surface area (Å²) in [5.41, 5.74) is 11.0. The van der Waals surface area contributed by atoms with Crippen molar-refractivity contribution in [1.82, 2.24) is 10.6 Å². The molecule has 6 N–H and O–H groups in total. The Morgan fingerprint density at radius 3 is 2.64 bits per heavy atom. The normalized spacial score (nSPS) is 13.5. The number of nitrogens with two attached hydrogens (primary N) is 2. The van der Waals surface area contributed by atoms with Gasteiger partial charge in [0.15, 0.2) is 5.96 Å². The van der Waals surface area contributed by atoms with Crippen molar-refractivity contribution in [2.24, 2.45) is 16.5 Å². The molecule has 1 unspecified atom stereocenters. The highest BCUT2D eigenvalue weighted by Gasteiger charge is 2.04. The summed E-state index contributed by atoms with van der Waals surface area (Å²) in [6.45, 7) is 0.809. The number of aliphatic imine (C=N–C) groups is 1. The first-order valence-corrected chi connectivity index (χ1v) is 4.96. The zero-order chi connectivity index (χ0) is 11.0. The minimum Gasteiger partial charge on any atom is -0.392 e. The molecule has 0 saturated heterocycles. The standard InChI is InChI=1S/C8H19N5S/c1-11-8(12-2)13-5-3-4-6(9)7(10)14/h6H,3-5,9H2,1-2H3,(H2,10,14)(H2,11,12,13). The van der Waals surface area contributed by atoms with Crippen LogP contribution in [0.1, 0.15) is 12.8 Å². The van der Waals surface area contributed by atoms with Crippen LogP contribution in [0.5, 0.6) is 0 Å². The van der Waals surface area contributed by atoms with E-state index in [0.717, 1.165) is 25.3 Å². The Labute approximate surface area is 90.3 Å². The van der Waals surface area contributed by atoms with Crippen LogP contribution in [0.3, 0.4) is 0 Å². The Kier molecular flexibility index (Phi) is 7.04. The summed E-state index contributed by atoms with van der Waals surface area (Å²) < 4.78 is 0. The molecule has 0 amide bonds. The van der Waals surface area contributed by atoms with Crippen LogP contribution in [0.25, 0.3) is 0 Å². The van der Waals surface area contributed by atoms with E-state index in [1.807, 2.05) is 7.05 Å². The number of guanidine groups is 1. The zero-order valence-corrected chi connectivity index (χ0v) is 9.53. The first kappa shape index (κ1) is 13.1. The summed E-state index contributed by atoms with van der Waals surface area (Å²) in [6, 6.07) is -0.177. The third-order valence-corrected chi connectivity index (χ3v) is 2.11. The van der Waals surface area contributed by atoms with Crippen LogP contribution in [0.15, 0.2) is 4.99 Å². The van der Waals surface area contributed by atoms with Gasteiger partial charge in [0.2, 0.25) is 0 Å². The van der Waals surface area contributed by atoms with Crippen LogP contribution in [0, 0.1) is 0 Å². The molecule has 0 aromatic heterocycles. The topological polar surface area (TPSA) is 88.5 Å². The molecule has 0 heterocycles. The average molecular weight is 217 g/mol. The van der Waals surface area contributed by atoms with Gasteiger partial charge in [0.25, 0.3) is 0 Å². The van der Waals surface area contributed by atoms with Crippen molar-refractivity contribution in [2.75, 3.05) is 20.6 Å². The number of nitrogens with one attached hydrogen (secondary N) is 2. The van der Waals surface area contributed by atoms with Crippen molar-refractivity contribution in [3.8, 4) is 0 Å². The van der Waals surface area contributed by atoms with Crippen LogP contribution >= 0.6 is 12.2 Å². The Morgan fingerprint density at radius 1 is 1.57 bits per heavy atom. The predicted octanol–water partition coefficient (Wildman–Crippen LogP) is -0.825. The molecule has 0 aliphatic carbocycles. The maximum Gasteiger partial charge on any atom is 0.190 e. The van der Waals surface area contributed by atoms with E-state index in [1.54, 1.807) is 7.05 Å². The van der Waals surface area contributed by atoms with Gasteiger partial charge in [0.1, 0.15) is 0 Å². The van der Waals surface area contributed by atoms with Crippen molar-refractivity contribution in [1.29, 1.82) is 0 Å². The summed E-state index contributed by atoms with van der Waals surface area (Å²) in [5, 5.41) is 6.03. The molecule has 5 nitrogen and oxygen atoms in total. The van der Waals surface area contributed by atoms with Crippen molar-refractivity contribution in [2.45, 2.75) is 18.9 Å². The molecule has 0 aromatic carbocycles. The molecule has 0 radical (unpaired) electrons. The lowest BCUT2D eigenvalue weighted by molar-refractivity contribution is 0.668. The van der Waals surface area contributed by atoms with Gasteiger partial charge in [-0.3, -0.25) is 4.99 Å². The van der Waals surface area contributed by atoms with Crippen molar-refractivity contribution in [3.63, 3.8) is 0 Å². The molecule has 14 heavy (non-hydrogen) atoms. The number of hydrogen-bond acceptors (Lipinski definition) is 3. The molecule has 0 aromatic rings. The molecule has 6 heteroatoms. The third-order valence-electron chi connectivity index (χ3n) is 1.81. The minimum atomic E-state index is -0.177. The predicted molar refractivity (Wildman–Crippen MR) is 64.4 cm³/mol. The highest BCUT2D eigenvalue weighted by atomic mass is 32.1. The van der Waals surface area contributed by atoms with Gasteiger partial charge < -0.3 is 22.1 Å². The summed E-state index contributed by atoms with van der Waals surface area (Å²) in [5.74, 6) is 0.772. The first-order valence-electron chi connectivity index (χ1n) is 4.55. The zero-order valence-electron chi connectivity index (χ0n) is 8.71. The number of hydrogen-bond donors (Lipinski definition) is 4. The molecule has 0 saturated carbocycles. The molecule has 0 rings (SSSR count). The van der Waals surface area contributed by atoms with E-state index in [1.165, 1.54) is 0 Å². The van der Waals surface area contributed by atoms with Crippen LogP contribution in [-0.4, -0.2) is 37.6 Å². The lowest BCUT2D eigenvalue weighted by atomic mass is 10.2. The quantitative estimate of drug-likeness (QED) is 0.209. The highest BCUT2D eigenvalue weighted by molar-refractivity contribution is 7.80. The Balaban J connectivity index is 3.51. The van der Waals surface area contributed by atoms with E-state index < -0.39 is 0 Å². The minimum absolute atomic E-state index is 0.177. The molecule has 0 bridgehead atoms. The average Bonchev–Trinajstić information content (AvgIpc) is 2.17. The van der Waals surface area contributed by atoms with Gasteiger partial charge in [-0.05, 0) is 12.8 Å². The van der Waals surface area contributed by atoms with Gasteiger partial charge in [-0.15, -0.1) is 0 Å². The fourth-order valence-electron chi connectivity index (χ4n) is 0.950. The van der Waals surface area contributed by atoms with Crippen LogP contribution in [-0.2, 0) is 0 Å². The molecule has 82 valence electrons. The molecule has 0 fully saturated rings. The monoisotopic (exact) mass is 217 g/mol. The second-order valence-corrected chi connectivity index (χ2v) is 3.37. The van der Waals surface area contributed by atoms with E-state index >= 15 is 0 Å². The SMILES string of the molecule is CN=C(NC)NCCCC(N)C(N)=S. The number of rotatable bonds is 5. The number of nitrogens with zero attached hydrogens (tertiary/aromatic N) is 1. The summed E-state index contributed by atoms with van der Waals surface area (Å²) in [4.78, 5) is 4.35. The van der Waals surface area contributed by atoms with Crippen molar-refractivity contribution in [3.05, 3.63) is 0 Å². The Bertz CT molecular complexity index is 204. The molecule has 0 aliphatic rings. The third kappa shape index (κ3) is 5.71. The molecule has 0 spiro atoms. The maximum absolute atomic E-state index is 5.66.